The lowest BCUT2D eigenvalue weighted by atomic mass is 10.0. The maximum Gasteiger partial charge on any atom is 0.230 e. The van der Waals surface area contributed by atoms with E-state index in [-0.39, 0.29) is 43.0 Å². The van der Waals surface area contributed by atoms with Gasteiger partial charge in [0.2, 0.25) is 28.9 Å². The summed E-state index contributed by atoms with van der Waals surface area (Å²) in [4.78, 5) is 16.1. The molecule has 182 valence electrons. The van der Waals surface area contributed by atoms with Crippen LogP contribution in [0.1, 0.15) is 16.8 Å². The van der Waals surface area contributed by atoms with Crippen molar-refractivity contribution in [3.63, 3.8) is 0 Å². The first-order chi connectivity index (χ1) is 16.0. The Bertz CT molecular complexity index is 1150. The molecule has 0 aliphatic carbocycles. The van der Waals surface area contributed by atoms with Gasteiger partial charge in [0.05, 0.1) is 18.7 Å². The number of aliphatic hydroxyl groups is 2. The van der Waals surface area contributed by atoms with E-state index in [2.05, 4.69) is 15.6 Å². The van der Waals surface area contributed by atoms with Gasteiger partial charge in [-0.05, 0) is 25.1 Å². The van der Waals surface area contributed by atoms with Crippen LogP contribution in [0.15, 0.2) is 29.6 Å². The second kappa shape index (κ2) is 10.0. The van der Waals surface area contributed by atoms with Crippen LogP contribution in [0.5, 0.6) is 28.7 Å². The number of amides is 1. The molecule has 0 saturated carbocycles. The van der Waals surface area contributed by atoms with E-state index >= 15 is 0 Å². The van der Waals surface area contributed by atoms with E-state index in [4.69, 9.17) is 5.73 Å². The van der Waals surface area contributed by atoms with Gasteiger partial charge in [0.1, 0.15) is 0 Å². The van der Waals surface area contributed by atoms with Crippen LogP contribution in [0.4, 0.5) is 10.8 Å². The van der Waals surface area contributed by atoms with Crippen molar-refractivity contribution in [1.82, 2.24) is 10.3 Å². The summed E-state index contributed by atoms with van der Waals surface area (Å²) in [6, 6.07) is 5.85. The topological polar surface area (TPSA) is 222 Å². The highest BCUT2D eigenvalue weighted by Gasteiger charge is 2.26. The first kappa shape index (κ1) is 24.9. The van der Waals surface area contributed by atoms with Crippen molar-refractivity contribution in [2.75, 3.05) is 24.1 Å². The summed E-state index contributed by atoms with van der Waals surface area (Å²) in [6.07, 6.45) is -0.0737. The van der Waals surface area contributed by atoms with Crippen molar-refractivity contribution in [2.24, 2.45) is 0 Å². The number of nitrogens with two attached hydrogens (primary N) is 1. The number of rotatable bonds is 9. The molecule has 0 atom stereocenters. The fraction of sp³-hybridized carbons (Fsp3) is 0.238. The summed E-state index contributed by atoms with van der Waals surface area (Å²) in [6.45, 7) is -0.343. The highest BCUT2D eigenvalue weighted by atomic mass is 32.1. The Labute approximate surface area is 197 Å². The van der Waals surface area contributed by atoms with Gasteiger partial charge in [-0.1, -0.05) is 12.1 Å². The van der Waals surface area contributed by atoms with Crippen LogP contribution in [0.25, 0.3) is 0 Å². The zero-order valence-corrected chi connectivity index (χ0v) is 18.5. The summed E-state index contributed by atoms with van der Waals surface area (Å²) >= 11 is 1.24. The van der Waals surface area contributed by atoms with Crippen molar-refractivity contribution in [1.29, 1.82) is 0 Å². The Morgan fingerprint density at radius 1 is 0.971 bits per heavy atom. The van der Waals surface area contributed by atoms with Gasteiger partial charge in [0, 0.05) is 22.2 Å². The molecule has 0 aliphatic rings. The van der Waals surface area contributed by atoms with E-state index < -0.39 is 34.5 Å². The van der Waals surface area contributed by atoms with Crippen LogP contribution in [0.3, 0.4) is 0 Å². The summed E-state index contributed by atoms with van der Waals surface area (Å²) in [5.41, 5.74) is 6.43. The van der Waals surface area contributed by atoms with Crippen LogP contribution in [0.2, 0.25) is 0 Å². The van der Waals surface area contributed by atoms with Crippen molar-refractivity contribution < 1.29 is 40.5 Å². The number of nitrogen functional groups attached to an aromatic ring is 1. The Kier molecular flexibility index (Phi) is 7.32. The molecule has 0 bridgehead atoms. The number of aromatic hydroxyl groups is 5. The number of carbonyl (C=O) groups is 1. The third-order valence-electron chi connectivity index (χ3n) is 4.93. The number of hydrogen-bond acceptors (Lipinski definition) is 12. The quantitative estimate of drug-likeness (QED) is 0.0852. The minimum atomic E-state index is -2.29. The van der Waals surface area contributed by atoms with Crippen LogP contribution < -0.4 is 16.4 Å². The average molecular weight is 493 g/mol. The smallest absolute Gasteiger partial charge is 0.230 e. The van der Waals surface area contributed by atoms with E-state index in [0.29, 0.717) is 16.5 Å². The minimum Gasteiger partial charge on any atom is -0.504 e. The predicted octanol–water partition coefficient (Wildman–Crippen LogP) is 0.404. The number of aromatic nitrogens is 1. The number of phenolic OH excluding ortho intramolecular Hbond substituents is 5. The molecular formula is C21H24N4O8S. The molecule has 11 N–H and O–H groups in total. The van der Waals surface area contributed by atoms with E-state index in [0.717, 1.165) is 0 Å². The number of anilines is 2. The van der Waals surface area contributed by atoms with Gasteiger partial charge < -0.3 is 52.1 Å². The Morgan fingerprint density at radius 2 is 1.56 bits per heavy atom. The van der Waals surface area contributed by atoms with Gasteiger partial charge in [-0.15, -0.1) is 11.3 Å². The zero-order chi connectivity index (χ0) is 25.0. The standard InChI is InChI=1S/C21H24N4O8S/c22-20-25-12(8-34-20)7-14(26)24-11-3-1-10(2-4-11)21(32,33)9-23-6-5-13-15(27)17(29)19(31)18(30)16(13)28/h1-4,8,23,27-33H,5-7,9H2,(H2,22,25)(H,24,26). The van der Waals surface area contributed by atoms with E-state index in [9.17, 15) is 40.5 Å². The first-order valence-electron chi connectivity index (χ1n) is 9.93. The molecule has 0 fully saturated rings. The summed E-state index contributed by atoms with van der Waals surface area (Å²) in [5.74, 6) is -7.21. The molecule has 0 spiro atoms. The Hall–Kier alpha value is -3.78. The van der Waals surface area contributed by atoms with Gasteiger partial charge in [-0.2, -0.15) is 0 Å². The van der Waals surface area contributed by atoms with Gasteiger partial charge in [-0.3, -0.25) is 4.79 Å². The van der Waals surface area contributed by atoms with Crippen LogP contribution in [0, 0.1) is 0 Å². The molecule has 0 unspecified atom stereocenters. The number of nitrogens with zero attached hydrogens (tertiary/aromatic N) is 1. The minimum absolute atomic E-state index is 0.00290. The van der Waals surface area contributed by atoms with Crippen molar-refractivity contribution >= 4 is 28.1 Å². The number of nitrogens with one attached hydrogen (secondary N) is 2. The molecule has 0 radical (unpaired) electrons. The lowest BCUT2D eigenvalue weighted by molar-refractivity contribution is -0.165. The highest BCUT2D eigenvalue weighted by molar-refractivity contribution is 7.13. The zero-order valence-electron chi connectivity index (χ0n) is 17.7. The molecule has 0 saturated heterocycles. The number of phenols is 5. The molecule has 1 heterocycles. The van der Waals surface area contributed by atoms with Crippen LogP contribution >= 0.6 is 11.3 Å². The summed E-state index contributed by atoms with van der Waals surface area (Å²) < 4.78 is 0. The van der Waals surface area contributed by atoms with Gasteiger partial charge in [0.25, 0.3) is 0 Å². The third kappa shape index (κ3) is 5.58. The Balaban J connectivity index is 1.54. The summed E-state index contributed by atoms with van der Waals surface area (Å²) in [7, 11) is 0. The predicted molar refractivity (Wildman–Crippen MR) is 123 cm³/mol. The maximum absolute atomic E-state index is 12.1. The number of hydrogen-bond donors (Lipinski definition) is 10. The first-order valence-corrected chi connectivity index (χ1v) is 10.8. The fourth-order valence-electron chi connectivity index (χ4n) is 3.14. The molecule has 3 rings (SSSR count). The van der Waals surface area contributed by atoms with Crippen molar-refractivity contribution in [2.45, 2.75) is 18.6 Å². The molecule has 12 nitrogen and oxygen atoms in total. The van der Waals surface area contributed by atoms with Gasteiger partial charge in [-0.25, -0.2) is 4.98 Å². The highest BCUT2D eigenvalue weighted by Crippen LogP contribution is 2.50. The number of thiazole rings is 1. The second-order valence-electron chi connectivity index (χ2n) is 7.44. The van der Waals surface area contributed by atoms with E-state index in [1.54, 1.807) is 5.38 Å². The van der Waals surface area contributed by atoms with Crippen LogP contribution in [-0.2, 0) is 23.4 Å². The summed E-state index contributed by atoms with van der Waals surface area (Å²) in [5, 5.41) is 76.4. The number of benzene rings is 2. The van der Waals surface area contributed by atoms with Gasteiger partial charge in [0.15, 0.2) is 16.6 Å². The van der Waals surface area contributed by atoms with Gasteiger partial charge >= 0.3 is 0 Å². The monoisotopic (exact) mass is 492 g/mol. The molecule has 34 heavy (non-hydrogen) atoms. The normalized spacial score (nSPS) is 11.5. The van der Waals surface area contributed by atoms with E-state index in [1.807, 2.05) is 0 Å². The lowest BCUT2D eigenvalue weighted by Crippen LogP contribution is -2.38. The molecular weight excluding hydrogens is 468 g/mol. The van der Waals surface area contributed by atoms with Crippen molar-refractivity contribution in [3.8, 4) is 28.7 Å². The third-order valence-corrected chi connectivity index (χ3v) is 5.66. The maximum atomic E-state index is 12.1. The van der Waals surface area contributed by atoms with E-state index in [1.165, 1.54) is 35.6 Å². The van der Waals surface area contributed by atoms with Crippen LogP contribution in [-0.4, -0.2) is 59.7 Å². The lowest BCUT2D eigenvalue weighted by Gasteiger charge is -2.23. The molecule has 1 amide bonds. The van der Waals surface area contributed by atoms with Crippen molar-refractivity contribution in [3.05, 3.63) is 46.5 Å². The SMILES string of the molecule is Nc1nc(CC(=O)Nc2ccc(C(O)(O)CNCCc3c(O)c(O)c(O)c(O)c3O)cc2)cs1. The second-order valence-corrected chi connectivity index (χ2v) is 8.33. The number of carbonyl (C=O) groups excluding carboxylic acids is 1. The largest absolute Gasteiger partial charge is 0.504 e. The fourth-order valence-corrected chi connectivity index (χ4v) is 3.71. The molecule has 3 aromatic rings. The average Bonchev–Trinajstić information content (AvgIpc) is 3.20. The molecule has 13 heteroatoms. The molecule has 2 aromatic carbocycles. The Morgan fingerprint density at radius 3 is 2.12 bits per heavy atom. The molecule has 1 aromatic heterocycles. The molecule has 0 aliphatic heterocycles.